The molecule has 226 valence electrons. The zero-order valence-corrected chi connectivity index (χ0v) is 24.9. The molecule has 0 spiro atoms. The highest BCUT2D eigenvalue weighted by Gasteiger charge is 2.55. The molecule has 12 heteroatoms. The predicted octanol–water partition coefficient (Wildman–Crippen LogP) is 0.891. The summed E-state index contributed by atoms with van der Waals surface area (Å²) in [6.45, 7) is 11.7. The van der Waals surface area contributed by atoms with Gasteiger partial charge in [0.2, 0.25) is 11.8 Å². The van der Waals surface area contributed by atoms with E-state index in [0.29, 0.717) is 55.7 Å². The minimum Gasteiger partial charge on any atom is -0.356 e. The monoisotopic (exact) mass is 578 g/mol. The molecule has 3 fully saturated rings. The number of carbonyl (C=O) groups is 3. The third-order valence-corrected chi connectivity index (χ3v) is 8.80. The molecule has 2 aromatic rings. The minimum atomic E-state index is -0.952. The maximum absolute atomic E-state index is 12.8. The number of piperazine rings is 1. The van der Waals surface area contributed by atoms with Gasteiger partial charge >= 0.3 is 11.7 Å². The number of amides is 4. The number of nitrogens with zero attached hydrogens (tertiary/aromatic N) is 5. The van der Waals surface area contributed by atoms with Gasteiger partial charge in [0, 0.05) is 65.0 Å². The van der Waals surface area contributed by atoms with E-state index >= 15 is 0 Å². The molecule has 0 bridgehead atoms. The van der Waals surface area contributed by atoms with Crippen LogP contribution in [0.15, 0.2) is 41.3 Å². The molecule has 3 heterocycles. The number of urea groups is 1. The van der Waals surface area contributed by atoms with Gasteiger partial charge in [-0.1, -0.05) is 12.1 Å². The average Bonchev–Trinajstić information content (AvgIpc) is 3.39. The summed E-state index contributed by atoms with van der Waals surface area (Å²) in [4.78, 5) is 58.9. The summed E-state index contributed by atoms with van der Waals surface area (Å²) in [7, 11) is 0. The Morgan fingerprint density at radius 1 is 1.02 bits per heavy atom. The van der Waals surface area contributed by atoms with Crippen LogP contribution >= 0.6 is 0 Å². The first-order chi connectivity index (χ1) is 19.9. The molecule has 1 aromatic heterocycles. The Morgan fingerprint density at radius 2 is 1.64 bits per heavy atom. The third-order valence-electron chi connectivity index (χ3n) is 8.80. The van der Waals surface area contributed by atoms with Crippen molar-refractivity contribution in [3.63, 3.8) is 0 Å². The molecule has 1 saturated carbocycles. The van der Waals surface area contributed by atoms with Gasteiger partial charge in [-0.05, 0) is 68.7 Å². The van der Waals surface area contributed by atoms with Crippen molar-refractivity contribution in [2.24, 2.45) is 23.5 Å². The highest BCUT2D eigenvalue weighted by Crippen LogP contribution is 2.51. The quantitative estimate of drug-likeness (QED) is 0.422. The molecule has 1 aromatic carbocycles. The van der Waals surface area contributed by atoms with Gasteiger partial charge in [0.25, 0.3) is 0 Å². The largest absolute Gasteiger partial charge is 0.356 e. The van der Waals surface area contributed by atoms with Crippen LogP contribution in [-0.2, 0) is 16.0 Å². The highest BCUT2D eigenvalue weighted by atomic mass is 16.2. The molecule has 4 amide bonds. The van der Waals surface area contributed by atoms with E-state index in [4.69, 9.17) is 5.73 Å². The van der Waals surface area contributed by atoms with Crippen molar-refractivity contribution in [2.45, 2.75) is 45.7 Å². The third kappa shape index (κ3) is 6.65. The van der Waals surface area contributed by atoms with Crippen LogP contribution < -0.4 is 22.1 Å². The fourth-order valence-electron chi connectivity index (χ4n) is 6.25. The number of likely N-dealkylation sites (tertiary alicyclic amines) is 1. The van der Waals surface area contributed by atoms with Crippen molar-refractivity contribution in [1.82, 2.24) is 29.6 Å². The van der Waals surface area contributed by atoms with Gasteiger partial charge in [-0.15, -0.1) is 0 Å². The Balaban J connectivity index is 1.10. The molecule has 3 unspecified atom stereocenters. The van der Waals surface area contributed by atoms with Crippen LogP contribution in [0.25, 0.3) is 5.69 Å². The Labute approximate surface area is 246 Å². The summed E-state index contributed by atoms with van der Waals surface area (Å²) >= 11 is 0. The molecule has 4 atom stereocenters. The second kappa shape index (κ2) is 11.8. The average molecular weight is 579 g/mol. The lowest BCUT2D eigenvalue weighted by Crippen LogP contribution is -2.58. The number of nitrogens with one attached hydrogen (secondary N) is 2. The number of fused-ring (bicyclic) bond motifs is 1. The lowest BCUT2D eigenvalue weighted by Gasteiger charge is -2.37. The molecular weight excluding hydrogens is 536 g/mol. The van der Waals surface area contributed by atoms with Crippen LogP contribution in [0.5, 0.6) is 0 Å². The fourth-order valence-corrected chi connectivity index (χ4v) is 6.25. The smallest absolute Gasteiger partial charge is 0.354 e. The SMILES string of the molecule is CC(=O)NCC1C2CN(C(C)Cc3ccc(-n4ccc(NC(=O)N5CCN(C(=O)C(C)(C)N)CC5)nc4=O)cc3)C[C@H]12. The van der Waals surface area contributed by atoms with Crippen molar-refractivity contribution in [3.8, 4) is 5.69 Å². The van der Waals surface area contributed by atoms with Gasteiger partial charge in [0.1, 0.15) is 5.82 Å². The Morgan fingerprint density at radius 3 is 2.21 bits per heavy atom. The van der Waals surface area contributed by atoms with Gasteiger partial charge < -0.3 is 20.9 Å². The Bertz CT molecular complexity index is 1360. The first-order valence-electron chi connectivity index (χ1n) is 14.7. The summed E-state index contributed by atoms with van der Waals surface area (Å²) in [6.07, 6.45) is 2.52. The molecule has 4 N–H and O–H groups in total. The number of carbonyl (C=O) groups excluding carboxylic acids is 3. The summed E-state index contributed by atoms with van der Waals surface area (Å²) < 4.78 is 1.45. The number of hydrogen-bond donors (Lipinski definition) is 3. The molecule has 2 aliphatic heterocycles. The summed E-state index contributed by atoms with van der Waals surface area (Å²) in [5.41, 5.74) is 6.37. The fraction of sp³-hybridized carbons (Fsp3) is 0.567. The summed E-state index contributed by atoms with van der Waals surface area (Å²) in [6, 6.07) is 9.56. The second-order valence-corrected chi connectivity index (χ2v) is 12.5. The summed E-state index contributed by atoms with van der Waals surface area (Å²) in [5, 5.41) is 5.65. The molecule has 0 radical (unpaired) electrons. The molecular formula is C30H42N8O4. The molecule has 42 heavy (non-hydrogen) atoms. The number of nitrogens with two attached hydrogens (primary N) is 1. The van der Waals surface area contributed by atoms with Crippen molar-refractivity contribution in [2.75, 3.05) is 51.1 Å². The topological polar surface area (TPSA) is 146 Å². The van der Waals surface area contributed by atoms with Crippen LogP contribution in [0.1, 0.15) is 33.3 Å². The molecule has 2 saturated heterocycles. The predicted molar refractivity (Wildman–Crippen MR) is 159 cm³/mol. The Hall–Kier alpha value is -3.77. The van der Waals surface area contributed by atoms with Gasteiger partial charge in [-0.25, -0.2) is 9.59 Å². The number of benzene rings is 1. The zero-order valence-electron chi connectivity index (χ0n) is 24.9. The van der Waals surface area contributed by atoms with Crippen LogP contribution in [0.3, 0.4) is 0 Å². The van der Waals surface area contributed by atoms with Crippen molar-refractivity contribution in [3.05, 3.63) is 52.6 Å². The minimum absolute atomic E-state index is 0.0444. The van der Waals surface area contributed by atoms with Crippen LogP contribution in [0, 0.1) is 17.8 Å². The van der Waals surface area contributed by atoms with E-state index in [9.17, 15) is 19.2 Å². The van der Waals surface area contributed by atoms with E-state index in [0.717, 1.165) is 26.1 Å². The second-order valence-electron chi connectivity index (χ2n) is 12.5. The number of aromatic nitrogens is 2. The first-order valence-corrected chi connectivity index (χ1v) is 14.7. The van der Waals surface area contributed by atoms with E-state index in [1.165, 1.54) is 10.1 Å². The van der Waals surface area contributed by atoms with E-state index in [-0.39, 0.29) is 23.7 Å². The number of hydrogen-bond acceptors (Lipinski definition) is 7. The maximum Gasteiger partial charge on any atom is 0.354 e. The molecule has 1 aliphatic carbocycles. The molecule has 5 rings (SSSR count). The van der Waals surface area contributed by atoms with Crippen LogP contribution in [-0.4, -0.2) is 99.5 Å². The van der Waals surface area contributed by atoms with Gasteiger partial charge in [0.15, 0.2) is 0 Å². The number of anilines is 1. The number of piperidine rings is 1. The first kappa shape index (κ1) is 29.7. The van der Waals surface area contributed by atoms with E-state index in [2.05, 4.69) is 27.4 Å². The van der Waals surface area contributed by atoms with Gasteiger partial charge in [0.05, 0.1) is 11.2 Å². The summed E-state index contributed by atoms with van der Waals surface area (Å²) in [5.74, 6) is 2.09. The van der Waals surface area contributed by atoms with E-state index < -0.39 is 11.2 Å². The lowest BCUT2D eigenvalue weighted by molar-refractivity contribution is -0.137. The van der Waals surface area contributed by atoms with Crippen LogP contribution in [0.2, 0.25) is 0 Å². The standard InChI is InChI=1S/C30H42N8O4/c1-19(37-17-24-23(25(24)18-37)16-32-20(2)39)15-21-5-7-22(8-6-21)38-10-9-26(34-29(38)42)33-28(41)36-13-11-35(12-14-36)27(40)30(3,4)31/h5-10,19,23-25H,11-18,31H2,1-4H3,(H,32,39)(H,33,34,41,42)/t19?,23?,24-,25?/m1/s1. The molecule has 3 aliphatic rings. The van der Waals surface area contributed by atoms with E-state index in [1.807, 2.05) is 24.3 Å². The molecule has 12 nitrogen and oxygen atoms in total. The van der Waals surface area contributed by atoms with Crippen molar-refractivity contribution in [1.29, 1.82) is 0 Å². The maximum atomic E-state index is 12.8. The van der Waals surface area contributed by atoms with Gasteiger partial charge in [-0.3, -0.25) is 24.4 Å². The highest BCUT2D eigenvalue weighted by molar-refractivity contribution is 5.89. The zero-order chi connectivity index (χ0) is 30.2. The van der Waals surface area contributed by atoms with Crippen LogP contribution in [0.4, 0.5) is 10.6 Å². The van der Waals surface area contributed by atoms with Crippen molar-refractivity contribution >= 4 is 23.7 Å². The lowest BCUT2D eigenvalue weighted by atomic mass is 10.0. The Kier molecular flexibility index (Phi) is 8.38. The normalized spacial score (nSPS) is 22.8. The van der Waals surface area contributed by atoms with Crippen molar-refractivity contribution < 1.29 is 14.4 Å². The van der Waals surface area contributed by atoms with E-state index in [1.54, 1.807) is 42.8 Å². The van der Waals surface area contributed by atoms with Gasteiger partial charge in [-0.2, -0.15) is 4.98 Å². The number of rotatable bonds is 8.